The van der Waals surface area contributed by atoms with Gasteiger partial charge in [0.2, 0.25) is 0 Å². The summed E-state index contributed by atoms with van der Waals surface area (Å²) in [5, 5.41) is 0. The Bertz CT molecular complexity index is 480. The Hall–Kier alpha value is -2.04. The number of ether oxygens (including phenoxy) is 3. The largest absolute Gasteiger partial charge is 0.497 e. The number of benzene rings is 1. The highest BCUT2D eigenvalue weighted by molar-refractivity contribution is 5.80. The second kappa shape index (κ2) is 6.41. The summed E-state index contributed by atoms with van der Waals surface area (Å²) in [5.41, 5.74) is 1.09. The van der Waals surface area contributed by atoms with E-state index < -0.39 is 5.97 Å². The molecule has 1 fully saturated rings. The number of rotatable bonds is 6. The Morgan fingerprint density at radius 1 is 1.20 bits per heavy atom. The van der Waals surface area contributed by atoms with E-state index in [0.29, 0.717) is 0 Å². The molecule has 0 amide bonds. The highest BCUT2D eigenvalue weighted by Crippen LogP contribution is 2.48. The minimum Gasteiger partial charge on any atom is -0.497 e. The van der Waals surface area contributed by atoms with Gasteiger partial charge < -0.3 is 14.2 Å². The monoisotopic (exact) mass is 278 g/mol. The van der Waals surface area contributed by atoms with Gasteiger partial charge in [0, 0.05) is 0 Å². The zero-order valence-electron chi connectivity index (χ0n) is 11.6. The van der Waals surface area contributed by atoms with Crippen molar-refractivity contribution < 1.29 is 23.8 Å². The summed E-state index contributed by atoms with van der Waals surface area (Å²) in [7, 11) is 1.61. The first kappa shape index (κ1) is 14.4. The molecule has 0 bridgehead atoms. The molecule has 0 aromatic heterocycles. The lowest BCUT2D eigenvalue weighted by atomic mass is 10.1. The van der Waals surface area contributed by atoms with Crippen LogP contribution in [-0.4, -0.2) is 32.3 Å². The van der Waals surface area contributed by atoms with Crippen LogP contribution in [0.4, 0.5) is 0 Å². The van der Waals surface area contributed by atoms with Gasteiger partial charge in [0.1, 0.15) is 5.75 Å². The molecule has 5 nitrogen and oxygen atoms in total. The average Bonchev–Trinajstić information content (AvgIpc) is 3.26. The highest BCUT2D eigenvalue weighted by atomic mass is 16.6. The number of carbonyl (C=O) groups excluding carboxylic acids is 2. The van der Waals surface area contributed by atoms with Crippen molar-refractivity contribution in [3.63, 3.8) is 0 Å². The van der Waals surface area contributed by atoms with Gasteiger partial charge in [-0.15, -0.1) is 0 Å². The molecule has 2 atom stereocenters. The van der Waals surface area contributed by atoms with Crippen molar-refractivity contribution in [3.8, 4) is 5.75 Å². The van der Waals surface area contributed by atoms with Crippen LogP contribution in [0.3, 0.4) is 0 Å². The van der Waals surface area contributed by atoms with Gasteiger partial charge in [0.25, 0.3) is 0 Å². The van der Waals surface area contributed by atoms with Crippen LogP contribution in [-0.2, 0) is 19.1 Å². The van der Waals surface area contributed by atoms with E-state index in [1.165, 1.54) is 0 Å². The summed E-state index contributed by atoms with van der Waals surface area (Å²) < 4.78 is 14.7. The molecule has 1 aliphatic carbocycles. The fourth-order valence-corrected chi connectivity index (χ4v) is 2.11. The number of carbonyl (C=O) groups is 2. The minimum absolute atomic E-state index is 0.155. The van der Waals surface area contributed by atoms with Crippen molar-refractivity contribution in [1.82, 2.24) is 0 Å². The fraction of sp³-hybridized carbons (Fsp3) is 0.467. The van der Waals surface area contributed by atoms with Gasteiger partial charge in [-0.3, -0.25) is 4.79 Å². The van der Waals surface area contributed by atoms with Crippen molar-refractivity contribution in [2.45, 2.75) is 19.3 Å². The molecular formula is C15H18O5. The van der Waals surface area contributed by atoms with Gasteiger partial charge in [-0.1, -0.05) is 12.1 Å². The van der Waals surface area contributed by atoms with Crippen LogP contribution in [0, 0.1) is 5.92 Å². The summed E-state index contributed by atoms with van der Waals surface area (Å²) >= 11 is 0. The third-order valence-electron chi connectivity index (χ3n) is 3.27. The van der Waals surface area contributed by atoms with Gasteiger partial charge in [0.05, 0.1) is 19.6 Å². The molecule has 20 heavy (non-hydrogen) atoms. The number of methoxy groups -OCH3 is 1. The lowest BCUT2D eigenvalue weighted by Crippen LogP contribution is -2.17. The molecular weight excluding hydrogens is 260 g/mol. The van der Waals surface area contributed by atoms with Crippen LogP contribution in [0.5, 0.6) is 5.75 Å². The Morgan fingerprint density at radius 2 is 1.90 bits per heavy atom. The zero-order valence-corrected chi connectivity index (χ0v) is 11.6. The average molecular weight is 278 g/mol. The second-order valence-corrected chi connectivity index (χ2v) is 4.63. The second-order valence-electron chi connectivity index (χ2n) is 4.63. The molecule has 0 spiro atoms. The minimum atomic E-state index is -0.512. The van der Waals surface area contributed by atoms with E-state index >= 15 is 0 Å². The van der Waals surface area contributed by atoms with Crippen LogP contribution >= 0.6 is 0 Å². The van der Waals surface area contributed by atoms with Gasteiger partial charge >= 0.3 is 11.9 Å². The standard InChI is InChI=1S/C15H18O5/c1-3-19-14(16)9-20-15(17)13-8-12(13)10-4-6-11(18-2)7-5-10/h4-7,12-13H,3,8-9H2,1-2H3. The molecule has 0 N–H and O–H groups in total. The zero-order chi connectivity index (χ0) is 14.5. The van der Waals surface area contributed by atoms with Gasteiger partial charge in [-0.2, -0.15) is 0 Å². The first-order valence-corrected chi connectivity index (χ1v) is 6.62. The Kier molecular flexibility index (Phi) is 4.61. The fourth-order valence-electron chi connectivity index (χ4n) is 2.11. The summed E-state index contributed by atoms with van der Waals surface area (Å²) in [6.07, 6.45) is 0.758. The van der Waals surface area contributed by atoms with Crippen LogP contribution in [0.2, 0.25) is 0 Å². The molecule has 0 heterocycles. The predicted molar refractivity (Wildman–Crippen MR) is 71.4 cm³/mol. The van der Waals surface area contributed by atoms with E-state index in [1.54, 1.807) is 14.0 Å². The first-order chi connectivity index (χ1) is 9.65. The normalized spacial score (nSPS) is 20.1. The van der Waals surface area contributed by atoms with E-state index in [1.807, 2.05) is 24.3 Å². The number of hydrogen-bond donors (Lipinski definition) is 0. The summed E-state index contributed by atoms with van der Waals surface area (Å²) in [5.74, 6) is -0.0365. The van der Waals surface area contributed by atoms with Crippen molar-refractivity contribution in [3.05, 3.63) is 29.8 Å². The Balaban J connectivity index is 1.81. The van der Waals surface area contributed by atoms with Crippen molar-refractivity contribution in [2.75, 3.05) is 20.3 Å². The molecule has 1 saturated carbocycles. The van der Waals surface area contributed by atoms with E-state index in [-0.39, 0.29) is 31.0 Å². The third-order valence-corrected chi connectivity index (χ3v) is 3.27. The molecule has 1 aromatic rings. The van der Waals surface area contributed by atoms with Crippen LogP contribution in [0.25, 0.3) is 0 Å². The molecule has 1 aliphatic rings. The molecule has 1 aromatic carbocycles. The van der Waals surface area contributed by atoms with E-state index in [2.05, 4.69) is 0 Å². The topological polar surface area (TPSA) is 61.8 Å². The molecule has 5 heteroatoms. The molecule has 108 valence electrons. The van der Waals surface area contributed by atoms with Crippen LogP contribution in [0.1, 0.15) is 24.8 Å². The molecule has 2 rings (SSSR count). The summed E-state index contributed by atoms with van der Waals surface area (Å²) in [6.45, 7) is 1.69. The van der Waals surface area contributed by atoms with Crippen molar-refractivity contribution >= 4 is 11.9 Å². The van der Waals surface area contributed by atoms with E-state index in [4.69, 9.17) is 14.2 Å². The lowest BCUT2D eigenvalue weighted by molar-refractivity contribution is -0.159. The maximum absolute atomic E-state index is 11.8. The number of hydrogen-bond acceptors (Lipinski definition) is 5. The van der Waals surface area contributed by atoms with Crippen molar-refractivity contribution in [1.29, 1.82) is 0 Å². The predicted octanol–water partition coefficient (Wildman–Crippen LogP) is 1.91. The van der Waals surface area contributed by atoms with Crippen molar-refractivity contribution in [2.24, 2.45) is 5.92 Å². The molecule has 0 saturated heterocycles. The number of esters is 2. The smallest absolute Gasteiger partial charge is 0.344 e. The Labute approximate surface area is 117 Å². The summed E-state index contributed by atoms with van der Waals surface area (Å²) in [4.78, 5) is 22.9. The molecule has 0 radical (unpaired) electrons. The third kappa shape index (κ3) is 3.50. The first-order valence-electron chi connectivity index (χ1n) is 6.62. The molecule has 0 aliphatic heterocycles. The lowest BCUT2D eigenvalue weighted by Gasteiger charge is -2.05. The Morgan fingerprint density at radius 3 is 2.50 bits per heavy atom. The van der Waals surface area contributed by atoms with Gasteiger partial charge in [-0.05, 0) is 37.0 Å². The summed E-state index contributed by atoms with van der Waals surface area (Å²) in [6, 6.07) is 7.63. The highest BCUT2D eigenvalue weighted by Gasteiger charge is 2.45. The van der Waals surface area contributed by atoms with E-state index in [9.17, 15) is 9.59 Å². The van der Waals surface area contributed by atoms with Gasteiger partial charge in [-0.25, -0.2) is 4.79 Å². The van der Waals surface area contributed by atoms with Crippen LogP contribution < -0.4 is 4.74 Å². The van der Waals surface area contributed by atoms with Gasteiger partial charge in [0.15, 0.2) is 6.61 Å². The maximum atomic E-state index is 11.8. The maximum Gasteiger partial charge on any atom is 0.344 e. The SMILES string of the molecule is CCOC(=O)COC(=O)C1CC1c1ccc(OC)cc1. The molecule has 2 unspecified atom stereocenters. The van der Waals surface area contributed by atoms with Crippen LogP contribution in [0.15, 0.2) is 24.3 Å². The quantitative estimate of drug-likeness (QED) is 0.744. The van der Waals surface area contributed by atoms with E-state index in [0.717, 1.165) is 17.7 Å².